The Morgan fingerprint density at radius 2 is 0.847 bits per heavy atom. The molecule has 2 aromatic heterocycles. The van der Waals surface area contributed by atoms with Crippen LogP contribution in [0.3, 0.4) is 0 Å². The van der Waals surface area contributed by atoms with Crippen molar-refractivity contribution >= 4 is 43.6 Å². The summed E-state index contributed by atoms with van der Waals surface area (Å²) in [5, 5.41) is 20.3. The number of benzene rings is 6. The Morgan fingerprint density at radius 3 is 1.27 bits per heavy atom. The zero-order chi connectivity index (χ0) is 42.6. The first kappa shape index (κ1) is 38.9. The third-order valence-corrected chi connectivity index (χ3v) is 10.1. The van der Waals surface area contributed by atoms with Gasteiger partial charge in [0.1, 0.15) is 6.07 Å². The monoisotopic (exact) mass is 820 g/mol. The highest BCUT2D eigenvalue weighted by Crippen LogP contribution is 2.45. The van der Waals surface area contributed by atoms with Gasteiger partial charge in [-0.3, -0.25) is 0 Å². The van der Waals surface area contributed by atoms with Crippen LogP contribution in [0.2, 0.25) is 0 Å². The lowest BCUT2D eigenvalue weighted by Gasteiger charge is -2.20. The molecule has 0 amide bonds. The Kier molecular flexibility index (Phi) is 8.60. The molecule has 0 spiro atoms. The van der Waals surface area contributed by atoms with E-state index >= 15 is 0 Å². The standard InChI is InChI=1S/C43H20F12N4/c1-21-2-6-34-30(10-21)31-15-25(40(44,45)46)5-9-37(31)59(34)39-14-24(20-57)38(18-29(39)23-11-22(19-56)12-28(13-23)43(53,54)55)58-35-7-3-26(41(47,48)49)16-32(35)33-17-27(42(50,51)52)4-8-36(33)58/h2-18H,1H3. The molecule has 296 valence electrons. The minimum absolute atomic E-state index is 0.0448. The minimum atomic E-state index is -4.99. The molecule has 0 fully saturated rings. The fraction of sp³-hybridized carbons (Fsp3) is 0.116. The molecule has 0 saturated carbocycles. The zero-order valence-corrected chi connectivity index (χ0v) is 29.6. The molecule has 2 heterocycles. The van der Waals surface area contributed by atoms with E-state index in [1.807, 2.05) is 6.07 Å². The third-order valence-electron chi connectivity index (χ3n) is 10.1. The van der Waals surface area contributed by atoms with Gasteiger partial charge in [0.2, 0.25) is 0 Å². The van der Waals surface area contributed by atoms with Crippen molar-refractivity contribution in [3.63, 3.8) is 0 Å². The number of halogens is 12. The number of aryl methyl sites for hydroxylation is 1. The van der Waals surface area contributed by atoms with Crippen LogP contribution in [0.15, 0.2) is 103 Å². The molecule has 8 rings (SSSR count). The highest BCUT2D eigenvalue weighted by Gasteiger charge is 2.35. The molecule has 59 heavy (non-hydrogen) atoms. The van der Waals surface area contributed by atoms with Crippen molar-refractivity contribution in [2.75, 3.05) is 0 Å². The number of nitrogens with zero attached hydrogens (tertiary/aromatic N) is 4. The number of rotatable bonds is 3. The van der Waals surface area contributed by atoms with Crippen molar-refractivity contribution in [2.24, 2.45) is 0 Å². The molecule has 16 heteroatoms. The van der Waals surface area contributed by atoms with Crippen molar-refractivity contribution in [3.8, 4) is 34.6 Å². The van der Waals surface area contributed by atoms with E-state index in [0.29, 0.717) is 47.3 Å². The van der Waals surface area contributed by atoms with Crippen molar-refractivity contribution in [3.05, 3.63) is 142 Å². The Morgan fingerprint density at radius 1 is 0.424 bits per heavy atom. The summed E-state index contributed by atoms with van der Waals surface area (Å²) < 4.78 is 171. The fourth-order valence-corrected chi connectivity index (χ4v) is 7.49. The molecule has 0 aliphatic rings. The van der Waals surface area contributed by atoms with Crippen LogP contribution in [0.1, 0.15) is 38.9 Å². The van der Waals surface area contributed by atoms with E-state index in [1.165, 1.54) is 21.3 Å². The second-order valence-electron chi connectivity index (χ2n) is 13.8. The lowest BCUT2D eigenvalue weighted by Crippen LogP contribution is -2.08. The average molecular weight is 821 g/mol. The summed E-state index contributed by atoms with van der Waals surface area (Å²) in [5.74, 6) is 0. The van der Waals surface area contributed by atoms with Crippen LogP contribution < -0.4 is 0 Å². The van der Waals surface area contributed by atoms with Crippen molar-refractivity contribution in [2.45, 2.75) is 31.6 Å². The quantitative estimate of drug-likeness (QED) is 0.167. The van der Waals surface area contributed by atoms with E-state index in [2.05, 4.69) is 0 Å². The van der Waals surface area contributed by atoms with Crippen LogP contribution in [0, 0.1) is 29.6 Å². The van der Waals surface area contributed by atoms with Crippen molar-refractivity contribution < 1.29 is 52.7 Å². The summed E-state index contributed by atoms with van der Waals surface area (Å²) in [6.45, 7) is 1.69. The van der Waals surface area contributed by atoms with Gasteiger partial charge >= 0.3 is 24.7 Å². The Balaban J connectivity index is 1.55. The van der Waals surface area contributed by atoms with Gasteiger partial charge in [0.25, 0.3) is 0 Å². The Bertz CT molecular complexity index is 3070. The molecule has 8 aromatic rings. The number of aromatic nitrogens is 2. The minimum Gasteiger partial charge on any atom is -0.309 e. The predicted molar refractivity (Wildman–Crippen MR) is 195 cm³/mol. The van der Waals surface area contributed by atoms with Gasteiger partial charge < -0.3 is 9.13 Å². The van der Waals surface area contributed by atoms with Crippen LogP contribution >= 0.6 is 0 Å². The van der Waals surface area contributed by atoms with Crippen LogP contribution in [0.5, 0.6) is 0 Å². The topological polar surface area (TPSA) is 57.4 Å². The van der Waals surface area contributed by atoms with E-state index < -0.39 is 52.5 Å². The normalized spacial score (nSPS) is 12.8. The highest BCUT2D eigenvalue weighted by atomic mass is 19.4. The second kappa shape index (κ2) is 13.0. The molecule has 0 N–H and O–H groups in total. The Labute approximate surface area is 323 Å². The first-order valence-corrected chi connectivity index (χ1v) is 17.1. The first-order chi connectivity index (χ1) is 27.6. The highest BCUT2D eigenvalue weighted by molar-refractivity contribution is 6.12. The lowest BCUT2D eigenvalue weighted by molar-refractivity contribution is -0.138. The molecule has 0 radical (unpaired) electrons. The predicted octanol–water partition coefficient (Wildman–Crippen LogP) is 13.7. The van der Waals surface area contributed by atoms with Gasteiger partial charge in [-0.2, -0.15) is 63.2 Å². The molecule has 0 saturated heterocycles. The average Bonchev–Trinajstić information content (AvgIpc) is 3.67. The molecule has 0 bridgehead atoms. The van der Waals surface area contributed by atoms with Gasteiger partial charge in [0.15, 0.2) is 0 Å². The molecular formula is C43H20F12N4. The zero-order valence-electron chi connectivity index (χ0n) is 29.6. The van der Waals surface area contributed by atoms with E-state index in [-0.39, 0.29) is 66.3 Å². The van der Waals surface area contributed by atoms with E-state index in [4.69, 9.17) is 0 Å². The van der Waals surface area contributed by atoms with Gasteiger partial charge in [0, 0.05) is 27.1 Å². The number of hydrogen-bond acceptors (Lipinski definition) is 2. The molecular weight excluding hydrogens is 800 g/mol. The summed E-state index contributed by atoms with van der Waals surface area (Å²) in [6.07, 6.45) is -19.6. The number of nitriles is 2. The molecule has 0 atom stereocenters. The Hall–Kier alpha value is -6.94. The molecule has 6 aromatic carbocycles. The summed E-state index contributed by atoms with van der Waals surface area (Å²) >= 11 is 0. The van der Waals surface area contributed by atoms with E-state index in [0.717, 1.165) is 36.4 Å². The van der Waals surface area contributed by atoms with Crippen LogP contribution in [0.4, 0.5) is 52.7 Å². The first-order valence-electron chi connectivity index (χ1n) is 17.1. The van der Waals surface area contributed by atoms with Gasteiger partial charge in [-0.05, 0) is 110 Å². The third kappa shape index (κ3) is 6.54. The fourth-order valence-electron chi connectivity index (χ4n) is 7.49. The summed E-state index contributed by atoms with van der Waals surface area (Å²) in [6, 6.07) is 20.9. The van der Waals surface area contributed by atoms with Gasteiger partial charge in [-0.25, -0.2) is 0 Å². The van der Waals surface area contributed by atoms with Gasteiger partial charge in [-0.15, -0.1) is 0 Å². The number of alkyl halides is 12. The van der Waals surface area contributed by atoms with E-state index in [1.54, 1.807) is 31.2 Å². The van der Waals surface area contributed by atoms with Gasteiger partial charge in [0.05, 0.1) is 72.9 Å². The molecule has 0 unspecified atom stereocenters. The molecule has 4 nitrogen and oxygen atoms in total. The van der Waals surface area contributed by atoms with Crippen LogP contribution in [-0.4, -0.2) is 9.13 Å². The maximum Gasteiger partial charge on any atom is 0.416 e. The second-order valence-corrected chi connectivity index (χ2v) is 13.8. The summed E-state index contributed by atoms with van der Waals surface area (Å²) in [4.78, 5) is 0. The molecule has 0 aliphatic heterocycles. The maximum atomic E-state index is 14.4. The summed E-state index contributed by atoms with van der Waals surface area (Å²) in [5.41, 5.74) is -5.13. The van der Waals surface area contributed by atoms with Crippen molar-refractivity contribution in [1.29, 1.82) is 10.5 Å². The van der Waals surface area contributed by atoms with Crippen molar-refractivity contribution in [1.82, 2.24) is 9.13 Å². The SMILES string of the molecule is Cc1ccc2c(c1)c1cc(C(F)(F)F)ccc1n2-c1cc(C#N)c(-n2c3ccc(C(F)(F)F)cc3c3cc(C(F)(F)F)ccc32)cc1-c1cc(C#N)cc(C(F)(F)F)c1. The van der Waals surface area contributed by atoms with Crippen LogP contribution in [0.25, 0.3) is 66.1 Å². The largest absolute Gasteiger partial charge is 0.416 e. The van der Waals surface area contributed by atoms with E-state index in [9.17, 15) is 63.2 Å². The number of fused-ring (bicyclic) bond motifs is 6. The lowest BCUT2D eigenvalue weighted by atomic mass is 9.95. The van der Waals surface area contributed by atoms with Gasteiger partial charge in [-0.1, -0.05) is 11.6 Å². The summed E-state index contributed by atoms with van der Waals surface area (Å²) in [7, 11) is 0. The molecule has 0 aliphatic carbocycles. The van der Waals surface area contributed by atoms with Crippen LogP contribution in [-0.2, 0) is 24.7 Å². The maximum absolute atomic E-state index is 14.4. The number of hydrogen-bond donors (Lipinski definition) is 0. The smallest absolute Gasteiger partial charge is 0.309 e.